The van der Waals surface area contributed by atoms with Crippen LogP contribution >= 0.6 is 34.8 Å². The number of nitrogens with zero attached hydrogens (tertiary/aromatic N) is 3. The molecule has 0 unspecified atom stereocenters. The topological polar surface area (TPSA) is 44.8 Å². The van der Waals surface area contributed by atoms with Crippen LogP contribution in [0.25, 0.3) is 11.0 Å². The third-order valence-corrected chi connectivity index (χ3v) is 3.14. The Kier molecular flexibility index (Phi) is 2.21. The van der Waals surface area contributed by atoms with E-state index >= 15 is 0 Å². The average molecular weight is 252 g/mol. The molecule has 0 aliphatic rings. The van der Waals surface area contributed by atoms with Crippen molar-refractivity contribution in [1.29, 1.82) is 0 Å². The van der Waals surface area contributed by atoms with Gasteiger partial charge in [-0.15, -0.1) is 4.68 Å². The normalized spacial score (nSPS) is 11.1. The van der Waals surface area contributed by atoms with Gasteiger partial charge in [-0.3, -0.25) is 0 Å². The number of hydrogen-bond acceptors (Lipinski definition) is 2. The van der Waals surface area contributed by atoms with Gasteiger partial charge < -0.3 is 5.21 Å². The van der Waals surface area contributed by atoms with E-state index in [1.54, 1.807) is 7.05 Å². The van der Waals surface area contributed by atoms with Crippen molar-refractivity contribution in [3.63, 3.8) is 0 Å². The van der Waals surface area contributed by atoms with Crippen LogP contribution in [0.2, 0.25) is 15.1 Å². The van der Waals surface area contributed by atoms with E-state index in [1.165, 1.54) is 10.7 Å². The van der Waals surface area contributed by atoms with E-state index in [2.05, 4.69) is 5.10 Å². The van der Waals surface area contributed by atoms with E-state index in [1.807, 2.05) is 0 Å². The number of rotatable bonds is 0. The fraction of sp³-hybridized carbons (Fsp3) is 0.143. The lowest BCUT2D eigenvalue weighted by Crippen LogP contribution is -2.38. The second-order valence-corrected chi connectivity index (χ2v) is 3.89. The van der Waals surface area contributed by atoms with Crippen LogP contribution < -0.4 is 4.96 Å². The fourth-order valence-corrected chi connectivity index (χ4v) is 1.91. The van der Waals surface area contributed by atoms with Crippen molar-refractivity contribution in [2.24, 2.45) is 7.05 Å². The molecule has 1 aromatic heterocycles. The van der Waals surface area contributed by atoms with Crippen molar-refractivity contribution < 1.29 is 4.96 Å². The van der Waals surface area contributed by atoms with Gasteiger partial charge in [0.05, 0.1) is 22.1 Å². The minimum Gasteiger partial charge on any atom is -0.571 e. The number of aryl methyl sites for hydroxylation is 1. The minimum absolute atomic E-state index is 0.226. The maximum absolute atomic E-state index is 11.1. The lowest BCUT2D eigenvalue weighted by molar-refractivity contribution is -0.744. The molecule has 7 heteroatoms. The molecule has 0 spiro atoms. The van der Waals surface area contributed by atoms with Crippen LogP contribution in [0.3, 0.4) is 0 Å². The Bertz CT molecular complexity index is 523. The van der Waals surface area contributed by atoms with Crippen molar-refractivity contribution in [1.82, 2.24) is 9.78 Å². The predicted octanol–water partition coefficient (Wildman–Crippen LogP) is 2.17. The highest BCUT2D eigenvalue weighted by molar-refractivity contribution is 6.50. The zero-order valence-electron chi connectivity index (χ0n) is 6.96. The fourth-order valence-electron chi connectivity index (χ4n) is 1.20. The Morgan fingerprint density at radius 2 is 2.00 bits per heavy atom. The van der Waals surface area contributed by atoms with Gasteiger partial charge in [-0.05, 0) is 6.07 Å². The SMILES string of the molecule is Cn1c2c(Cl)c(Cl)c(Cl)cc2n[n+]1[O-]. The van der Waals surface area contributed by atoms with Gasteiger partial charge in [0.2, 0.25) is 0 Å². The van der Waals surface area contributed by atoms with Gasteiger partial charge in [0, 0.05) is 10.1 Å². The highest BCUT2D eigenvalue weighted by Gasteiger charge is 2.18. The highest BCUT2D eigenvalue weighted by Crippen LogP contribution is 2.35. The largest absolute Gasteiger partial charge is 0.571 e. The quantitative estimate of drug-likeness (QED) is 0.410. The maximum Gasteiger partial charge on any atom is 0.167 e. The highest BCUT2D eigenvalue weighted by atomic mass is 35.5. The third kappa shape index (κ3) is 1.22. The summed E-state index contributed by atoms with van der Waals surface area (Å²) in [7, 11) is 1.54. The van der Waals surface area contributed by atoms with Crippen LogP contribution in [0.1, 0.15) is 0 Å². The number of halogens is 3. The molecule has 0 amide bonds. The Balaban J connectivity index is 2.99. The van der Waals surface area contributed by atoms with Crippen molar-refractivity contribution in [2.75, 3.05) is 0 Å². The summed E-state index contributed by atoms with van der Waals surface area (Å²) in [6, 6.07) is 1.50. The summed E-state index contributed by atoms with van der Waals surface area (Å²) >= 11 is 17.5. The van der Waals surface area contributed by atoms with E-state index in [0.717, 1.165) is 0 Å². The van der Waals surface area contributed by atoms with E-state index in [4.69, 9.17) is 34.8 Å². The molecule has 1 aromatic carbocycles. The summed E-state index contributed by atoms with van der Waals surface area (Å²) in [5.41, 5.74) is 0.887. The van der Waals surface area contributed by atoms with Gasteiger partial charge >= 0.3 is 0 Å². The summed E-state index contributed by atoms with van der Waals surface area (Å²) < 4.78 is 1.25. The third-order valence-electron chi connectivity index (χ3n) is 1.89. The lowest BCUT2D eigenvalue weighted by Gasteiger charge is -1.98. The van der Waals surface area contributed by atoms with Gasteiger partial charge in [-0.1, -0.05) is 34.8 Å². The summed E-state index contributed by atoms with van der Waals surface area (Å²) in [5.74, 6) is 0. The Hall–Kier alpha value is -0.710. The first kappa shape index (κ1) is 9.83. The van der Waals surface area contributed by atoms with E-state index in [9.17, 15) is 5.21 Å². The molecule has 0 radical (unpaired) electrons. The van der Waals surface area contributed by atoms with Crippen molar-refractivity contribution in [3.8, 4) is 0 Å². The first-order valence-electron chi connectivity index (χ1n) is 3.62. The van der Waals surface area contributed by atoms with E-state index in [0.29, 0.717) is 16.0 Å². The molecule has 0 aliphatic carbocycles. The maximum atomic E-state index is 11.1. The molecule has 2 aromatic rings. The molecule has 2 rings (SSSR count). The second kappa shape index (κ2) is 3.15. The zero-order chi connectivity index (χ0) is 10.5. The van der Waals surface area contributed by atoms with Crippen molar-refractivity contribution in [3.05, 3.63) is 26.3 Å². The van der Waals surface area contributed by atoms with E-state index in [-0.39, 0.29) is 15.1 Å². The van der Waals surface area contributed by atoms with Crippen LogP contribution in [0.4, 0.5) is 0 Å². The van der Waals surface area contributed by atoms with Crippen LogP contribution in [-0.4, -0.2) is 9.78 Å². The van der Waals surface area contributed by atoms with Gasteiger partial charge in [-0.2, -0.15) is 0 Å². The van der Waals surface area contributed by atoms with E-state index < -0.39 is 0 Å². The summed E-state index contributed by atoms with van der Waals surface area (Å²) in [5, 5.41) is 15.6. The molecular formula is C7H4Cl3N3O. The van der Waals surface area contributed by atoms with Crippen molar-refractivity contribution >= 4 is 45.8 Å². The van der Waals surface area contributed by atoms with Gasteiger partial charge in [0.15, 0.2) is 11.0 Å². The first-order valence-corrected chi connectivity index (χ1v) is 4.76. The molecule has 1 heterocycles. The molecule has 4 nitrogen and oxygen atoms in total. The molecule has 0 bridgehead atoms. The Labute approximate surface area is 94.1 Å². The number of hydrogen-bond donors (Lipinski definition) is 0. The molecule has 0 fully saturated rings. The monoisotopic (exact) mass is 251 g/mol. The van der Waals surface area contributed by atoms with Crippen molar-refractivity contribution in [2.45, 2.75) is 0 Å². The van der Waals surface area contributed by atoms with Crippen LogP contribution in [0.5, 0.6) is 0 Å². The van der Waals surface area contributed by atoms with Gasteiger partial charge in [-0.25, -0.2) is 0 Å². The Morgan fingerprint density at radius 3 is 2.64 bits per heavy atom. The number of benzene rings is 1. The van der Waals surface area contributed by atoms with Crippen LogP contribution in [0.15, 0.2) is 6.07 Å². The predicted molar refractivity (Wildman–Crippen MR) is 54.7 cm³/mol. The smallest absolute Gasteiger partial charge is 0.167 e. The number of aromatic nitrogens is 3. The molecule has 0 aliphatic heterocycles. The van der Waals surface area contributed by atoms with Gasteiger partial charge in [0.25, 0.3) is 0 Å². The first-order chi connectivity index (χ1) is 6.52. The molecule has 0 saturated heterocycles. The van der Waals surface area contributed by atoms with Crippen LogP contribution in [0, 0.1) is 5.21 Å². The lowest BCUT2D eigenvalue weighted by atomic mass is 10.3. The summed E-state index contributed by atoms with van der Waals surface area (Å²) in [6.07, 6.45) is 0. The molecular weight excluding hydrogens is 248 g/mol. The number of fused-ring (bicyclic) bond motifs is 1. The molecule has 74 valence electrons. The zero-order valence-corrected chi connectivity index (χ0v) is 9.23. The molecule has 0 N–H and O–H groups in total. The van der Waals surface area contributed by atoms with Gasteiger partial charge in [0.1, 0.15) is 0 Å². The average Bonchev–Trinajstić information content (AvgIpc) is 2.39. The second-order valence-electron chi connectivity index (χ2n) is 2.73. The van der Waals surface area contributed by atoms with Crippen LogP contribution in [-0.2, 0) is 7.05 Å². The summed E-state index contributed by atoms with van der Waals surface area (Å²) in [4.78, 5) is 0.420. The Morgan fingerprint density at radius 1 is 1.36 bits per heavy atom. The standard InChI is InChI=1S/C7H4Cl3N3O/c1-12-7-4(11-13(12)14)2-3(8)5(9)6(7)10/h2H,1H3. The summed E-state index contributed by atoms with van der Waals surface area (Å²) in [6.45, 7) is 0. The molecule has 0 saturated carbocycles. The molecule has 14 heavy (non-hydrogen) atoms. The minimum atomic E-state index is 0.226. The molecule has 0 atom stereocenters.